The van der Waals surface area contributed by atoms with Gasteiger partial charge in [0.05, 0.1) is 5.70 Å². The number of carbonyl (C=O) groups is 2. The third-order valence-corrected chi connectivity index (χ3v) is 4.65. The van der Waals surface area contributed by atoms with E-state index in [1.54, 1.807) is 37.5 Å². The number of urea groups is 1. The third-order valence-electron chi connectivity index (χ3n) is 4.65. The highest BCUT2D eigenvalue weighted by atomic mass is 19.1. The number of fused-ring (bicyclic) bond motifs is 1. The topological polar surface area (TPSA) is 55.9 Å². The highest BCUT2D eigenvalue weighted by Crippen LogP contribution is 2.32. The highest BCUT2D eigenvalue weighted by molar-refractivity contribution is 6.19. The van der Waals surface area contributed by atoms with Crippen molar-refractivity contribution in [1.29, 1.82) is 0 Å². The van der Waals surface area contributed by atoms with Crippen LogP contribution in [0.1, 0.15) is 11.1 Å². The number of imide groups is 1. The molecule has 1 atom stereocenters. The van der Waals surface area contributed by atoms with Crippen LogP contribution in [-0.4, -0.2) is 42.0 Å². The molecule has 6 nitrogen and oxygen atoms in total. The van der Waals surface area contributed by atoms with Crippen molar-refractivity contribution in [3.63, 3.8) is 0 Å². The summed E-state index contributed by atoms with van der Waals surface area (Å²) in [6.45, 7) is 0. The minimum atomic E-state index is -1.05. The molecule has 3 amide bonds. The molecular formula is C21H16F2N4O2. The maximum Gasteiger partial charge on any atom is 0.335 e. The zero-order valence-corrected chi connectivity index (χ0v) is 15.6. The number of hydrogen-bond donors (Lipinski definition) is 1. The molecule has 4 rings (SSSR count). The molecule has 0 radical (unpaired) electrons. The summed E-state index contributed by atoms with van der Waals surface area (Å²) in [4.78, 5) is 27.2. The molecule has 2 aliphatic rings. The van der Waals surface area contributed by atoms with Gasteiger partial charge in [0, 0.05) is 31.4 Å². The molecule has 1 N–H and O–H groups in total. The first kappa shape index (κ1) is 18.7. The van der Waals surface area contributed by atoms with E-state index in [2.05, 4.69) is 17.3 Å². The average Bonchev–Trinajstić information content (AvgIpc) is 3.09. The lowest BCUT2D eigenvalue weighted by molar-refractivity contribution is -0.120. The van der Waals surface area contributed by atoms with E-state index in [-0.39, 0.29) is 5.56 Å². The first-order chi connectivity index (χ1) is 13.9. The van der Waals surface area contributed by atoms with Crippen molar-refractivity contribution in [2.75, 3.05) is 19.0 Å². The molecule has 0 aliphatic carbocycles. The van der Waals surface area contributed by atoms with Gasteiger partial charge in [-0.25, -0.2) is 23.9 Å². The molecule has 2 heterocycles. The summed E-state index contributed by atoms with van der Waals surface area (Å²) in [5.41, 5.74) is 3.31. The normalized spacial score (nSPS) is 18.4. The van der Waals surface area contributed by atoms with Crippen molar-refractivity contribution in [3.05, 3.63) is 77.1 Å². The maximum atomic E-state index is 14.8. The fraction of sp³-hybridized carbons (Fsp3) is 0.143. The predicted octanol–water partition coefficient (Wildman–Crippen LogP) is 2.42. The molecule has 146 valence electrons. The molecule has 0 bridgehead atoms. The first-order valence-electron chi connectivity index (χ1n) is 8.75. The molecule has 1 saturated heterocycles. The second-order valence-corrected chi connectivity index (χ2v) is 6.65. The molecule has 2 aromatic rings. The zero-order valence-electron chi connectivity index (χ0n) is 15.6. The van der Waals surface area contributed by atoms with Gasteiger partial charge in [0.15, 0.2) is 11.6 Å². The van der Waals surface area contributed by atoms with Gasteiger partial charge in [-0.3, -0.25) is 9.69 Å². The summed E-state index contributed by atoms with van der Waals surface area (Å²) in [6, 6.07) is 9.25. The summed E-state index contributed by atoms with van der Waals surface area (Å²) >= 11 is 0. The summed E-state index contributed by atoms with van der Waals surface area (Å²) in [7, 11) is 3.10. The smallest absolute Gasteiger partial charge is 0.316 e. The van der Waals surface area contributed by atoms with Crippen LogP contribution in [0.2, 0.25) is 0 Å². The van der Waals surface area contributed by atoms with Crippen molar-refractivity contribution < 1.29 is 18.4 Å². The summed E-state index contributed by atoms with van der Waals surface area (Å²) in [6.07, 6.45) is 1.58. The van der Waals surface area contributed by atoms with E-state index < -0.39 is 35.3 Å². The number of amides is 3. The Labute approximate surface area is 166 Å². The van der Waals surface area contributed by atoms with Crippen molar-refractivity contribution in [2.24, 2.45) is 0 Å². The van der Waals surface area contributed by atoms with Crippen molar-refractivity contribution in [3.8, 4) is 11.8 Å². The van der Waals surface area contributed by atoms with Crippen LogP contribution in [0.25, 0.3) is 0 Å². The Hall–Kier alpha value is -3.70. The molecule has 8 heteroatoms. The van der Waals surface area contributed by atoms with Crippen LogP contribution in [0.3, 0.4) is 0 Å². The first-order valence-corrected chi connectivity index (χ1v) is 8.75. The molecule has 1 fully saturated rings. The number of carbonyl (C=O) groups excluding carboxylic acids is 2. The van der Waals surface area contributed by atoms with Crippen molar-refractivity contribution in [2.45, 2.75) is 6.04 Å². The maximum absolute atomic E-state index is 14.8. The molecule has 0 spiro atoms. The molecule has 29 heavy (non-hydrogen) atoms. The Morgan fingerprint density at radius 1 is 0.966 bits per heavy atom. The Morgan fingerprint density at radius 3 is 2.24 bits per heavy atom. The fourth-order valence-electron chi connectivity index (χ4n) is 3.25. The molecule has 1 unspecified atom stereocenters. The second-order valence-electron chi connectivity index (χ2n) is 6.65. The average molecular weight is 394 g/mol. The number of hydrogen-bond acceptors (Lipinski definition) is 4. The number of likely N-dealkylation sites (N-methyl/N-ethyl adjacent to an activating group) is 1. The number of halogens is 2. The lowest BCUT2D eigenvalue weighted by Gasteiger charge is -2.36. The summed E-state index contributed by atoms with van der Waals surface area (Å²) in [5, 5.41) is 1.51. The van der Waals surface area contributed by atoms with Crippen LogP contribution in [0, 0.1) is 23.5 Å². The molecule has 0 saturated carbocycles. The largest absolute Gasteiger partial charge is 0.335 e. The van der Waals surface area contributed by atoms with E-state index in [0.29, 0.717) is 16.2 Å². The van der Waals surface area contributed by atoms with Gasteiger partial charge in [0.2, 0.25) is 0 Å². The summed E-state index contributed by atoms with van der Waals surface area (Å²) in [5.74, 6) is 2.65. The van der Waals surface area contributed by atoms with Gasteiger partial charge < -0.3 is 5.01 Å². The van der Waals surface area contributed by atoms with E-state index in [0.717, 1.165) is 12.1 Å². The van der Waals surface area contributed by atoms with Crippen molar-refractivity contribution >= 4 is 17.6 Å². The Kier molecular flexibility index (Phi) is 4.53. The number of nitrogens with one attached hydrogen (secondary N) is 1. The van der Waals surface area contributed by atoms with E-state index in [1.807, 2.05) is 6.07 Å². The van der Waals surface area contributed by atoms with Crippen LogP contribution in [-0.2, 0) is 4.79 Å². The van der Waals surface area contributed by atoms with Crippen LogP contribution in [0.15, 0.2) is 54.4 Å². The van der Waals surface area contributed by atoms with Gasteiger partial charge in [0.1, 0.15) is 11.7 Å². The Morgan fingerprint density at radius 2 is 1.59 bits per heavy atom. The van der Waals surface area contributed by atoms with E-state index in [4.69, 9.17) is 0 Å². The van der Waals surface area contributed by atoms with E-state index in [1.165, 1.54) is 17.0 Å². The van der Waals surface area contributed by atoms with Crippen LogP contribution in [0.4, 0.5) is 19.3 Å². The van der Waals surface area contributed by atoms with Gasteiger partial charge in [-0.2, -0.15) is 0 Å². The zero-order chi connectivity index (χ0) is 20.7. The fourth-order valence-corrected chi connectivity index (χ4v) is 3.25. The SMILES string of the molecule is CN1C=C2C(N1)C(=O)N(c1c(F)cc(C#Cc3ccccc3)cc1F)C(=O)N2C. The van der Waals surface area contributed by atoms with Gasteiger partial charge in [0.25, 0.3) is 5.91 Å². The number of nitrogens with zero attached hydrogens (tertiary/aromatic N) is 3. The highest BCUT2D eigenvalue weighted by Gasteiger charge is 2.46. The predicted molar refractivity (Wildman–Crippen MR) is 102 cm³/mol. The lowest BCUT2D eigenvalue weighted by Crippen LogP contribution is -2.60. The quantitative estimate of drug-likeness (QED) is 0.755. The second kappa shape index (κ2) is 7.04. The molecule has 2 aromatic carbocycles. The third kappa shape index (κ3) is 3.22. The van der Waals surface area contributed by atoms with Gasteiger partial charge >= 0.3 is 6.03 Å². The number of anilines is 1. The number of hydrazine groups is 1. The van der Waals surface area contributed by atoms with Gasteiger partial charge in [-0.1, -0.05) is 30.0 Å². The number of rotatable bonds is 1. The van der Waals surface area contributed by atoms with Crippen LogP contribution >= 0.6 is 0 Å². The Balaban J connectivity index is 1.71. The minimum absolute atomic E-state index is 0.0946. The van der Waals surface area contributed by atoms with Crippen LogP contribution < -0.4 is 10.3 Å². The minimum Gasteiger partial charge on any atom is -0.316 e. The standard InChI is InChI=1S/C21H16F2N4O2/c1-25-12-17-18(24-25)20(28)27(21(29)26(17)2)19-15(22)10-14(11-16(19)23)9-8-13-6-4-3-5-7-13/h3-7,10-12,18,24H,1-2H3. The molecular weight excluding hydrogens is 378 g/mol. The molecule has 2 aliphatic heterocycles. The lowest BCUT2D eigenvalue weighted by atomic mass is 10.1. The number of benzene rings is 2. The summed E-state index contributed by atoms with van der Waals surface area (Å²) < 4.78 is 29.6. The van der Waals surface area contributed by atoms with Gasteiger partial charge in [-0.15, -0.1) is 0 Å². The van der Waals surface area contributed by atoms with E-state index >= 15 is 0 Å². The Bertz CT molecular complexity index is 1080. The van der Waals surface area contributed by atoms with Crippen LogP contribution in [0.5, 0.6) is 0 Å². The van der Waals surface area contributed by atoms with Gasteiger partial charge in [-0.05, 0) is 24.3 Å². The monoisotopic (exact) mass is 394 g/mol. The van der Waals surface area contributed by atoms with E-state index in [9.17, 15) is 18.4 Å². The van der Waals surface area contributed by atoms with Crippen molar-refractivity contribution in [1.82, 2.24) is 15.3 Å². The molecule has 0 aromatic heterocycles.